The second kappa shape index (κ2) is 6.14. The number of hydrogen-bond donors (Lipinski definition) is 0. The highest BCUT2D eigenvalue weighted by Crippen LogP contribution is 2.30. The number of furan rings is 1. The van der Waals surface area contributed by atoms with Gasteiger partial charge in [0.1, 0.15) is 17.0 Å². The molecule has 3 aromatic carbocycles. The molecule has 0 spiro atoms. The van der Waals surface area contributed by atoms with E-state index in [0.717, 1.165) is 22.0 Å². The van der Waals surface area contributed by atoms with Gasteiger partial charge in [0.2, 0.25) is 5.76 Å². The molecule has 0 saturated heterocycles. The quantitative estimate of drug-likeness (QED) is 0.317. The summed E-state index contributed by atoms with van der Waals surface area (Å²) >= 11 is 0. The van der Waals surface area contributed by atoms with Gasteiger partial charge in [0.25, 0.3) is 0 Å². The van der Waals surface area contributed by atoms with E-state index in [9.17, 15) is 4.79 Å². The van der Waals surface area contributed by atoms with Crippen LogP contribution in [0.4, 0.5) is 0 Å². The zero-order valence-corrected chi connectivity index (χ0v) is 14.1. The Morgan fingerprint density at radius 3 is 2.52 bits per heavy atom. The number of para-hydroxylation sites is 1. The first-order valence-corrected chi connectivity index (χ1v) is 8.43. The number of benzene rings is 3. The molecule has 5 heteroatoms. The summed E-state index contributed by atoms with van der Waals surface area (Å²) < 4.78 is 16.4. The summed E-state index contributed by atoms with van der Waals surface area (Å²) in [5.74, 6) is -0.0455. The third-order valence-corrected chi connectivity index (χ3v) is 4.33. The van der Waals surface area contributed by atoms with Crippen LogP contribution in [0.25, 0.3) is 33.2 Å². The maximum atomic E-state index is 12.4. The first kappa shape index (κ1) is 15.4. The highest BCUT2D eigenvalue weighted by atomic mass is 16.5. The molecule has 0 unspecified atom stereocenters. The monoisotopic (exact) mass is 355 g/mol. The average Bonchev–Trinajstić information content (AvgIpc) is 3.32. The molecule has 0 saturated carbocycles. The highest BCUT2D eigenvalue weighted by Gasteiger charge is 2.16. The molecular formula is C22H13NO4. The van der Waals surface area contributed by atoms with Crippen LogP contribution in [0.1, 0.15) is 10.6 Å². The van der Waals surface area contributed by atoms with E-state index in [1.807, 2.05) is 54.6 Å². The Kier molecular flexibility index (Phi) is 3.50. The third-order valence-electron chi connectivity index (χ3n) is 4.33. The van der Waals surface area contributed by atoms with Crippen molar-refractivity contribution in [2.24, 2.45) is 0 Å². The Morgan fingerprint density at radius 1 is 0.852 bits per heavy atom. The van der Waals surface area contributed by atoms with Gasteiger partial charge in [-0.2, -0.15) is 0 Å². The molecule has 0 amide bonds. The molecule has 130 valence electrons. The number of esters is 1. The molecule has 5 rings (SSSR count). The second-order valence-corrected chi connectivity index (χ2v) is 6.09. The van der Waals surface area contributed by atoms with Crippen molar-refractivity contribution in [1.29, 1.82) is 0 Å². The number of ether oxygens (including phenoxy) is 1. The average molecular weight is 355 g/mol. The zero-order valence-electron chi connectivity index (χ0n) is 14.1. The van der Waals surface area contributed by atoms with Gasteiger partial charge in [-0.1, -0.05) is 53.7 Å². The SMILES string of the molecule is O=C(Oc1ccc2c(-c3ccccc3)noc2c1)c1cc2ccccc2o1. The van der Waals surface area contributed by atoms with Crippen molar-refractivity contribution in [2.45, 2.75) is 0 Å². The number of carbonyl (C=O) groups excluding carboxylic acids is 1. The first-order chi connectivity index (χ1) is 13.3. The lowest BCUT2D eigenvalue weighted by molar-refractivity contribution is 0.0704. The van der Waals surface area contributed by atoms with Crippen molar-refractivity contribution in [3.8, 4) is 17.0 Å². The Morgan fingerprint density at radius 2 is 1.67 bits per heavy atom. The number of hydrogen-bond acceptors (Lipinski definition) is 5. The van der Waals surface area contributed by atoms with E-state index in [2.05, 4.69) is 5.16 Å². The predicted octanol–water partition coefficient (Wildman–Crippen LogP) is 5.46. The Bertz CT molecular complexity index is 1230. The number of aromatic nitrogens is 1. The van der Waals surface area contributed by atoms with Gasteiger partial charge < -0.3 is 13.7 Å². The van der Waals surface area contributed by atoms with E-state index in [1.165, 1.54) is 0 Å². The van der Waals surface area contributed by atoms with Gasteiger partial charge in [-0.05, 0) is 24.3 Å². The molecule has 5 nitrogen and oxygen atoms in total. The molecule has 0 radical (unpaired) electrons. The summed E-state index contributed by atoms with van der Waals surface area (Å²) in [4.78, 5) is 12.4. The summed E-state index contributed by atoms with van der Waals surface area (Å²) in [6.45, 7) is 0. The largest absolute Gasteiger partial charge is 0.449 e. The van der Waals surface area contributed by atoms with E-state index < -0.39 is 5.97 Å². The van der Waals surface area contributed by atoms with E-state index in [1.54, 1.807) is 24.3 Å². The Labute approximate surface area is 153 Å². The number of nitrogens with zero attached hydrogens (tertiary/aromatic N) is 1. The molecule has 0 bridgehead atoms. The standard InChI is InChI=1S/C22H13NO4/c24-22(20-12-15-8-4-5-9-18(15)26-20)25-16-10-11-17-19(13-16)27-23-21(17)14-6-2-1-3-7-14/h1-13H. The van der Waals surface area contributed by atoms with Gasteiger partial charge in [0, 0.05) is 22.4 Å². The molecule has 2 heterocycles. The maximum absolute atomic E-state index is 12.4. The summed E-state index contributed by atoms with van der Waals surface area (Å²) in [6.07, 6.45) is 0. The number of carbonyl (C=O) groups is 1. The molecule has 5 aromatic rings. The topological polar surface area (TPSA) is 65.5 Å². The van der Waals surface area contributed by atoms with Gasteiger partial charge in [-0.3, -0.25) is 0 Å². The fourth-order valence-electron chi connectivity index (χ4n) is 3.03. The summed E-state index contributed by atoms with van der Waals surface area (Å²) in [6, 6.07) is 24.0. The normalized spacial score (nSPS) is 11.1. The summed E-state index contributed by atoms with van der Waals surface area (Å²) in [7, 11) is 0. The molecule has 0 aliphatic rings. The van der Waals surface area contributed by atoms with Crippen molar-refractivity contribution >= 4 is 27.9 Å². The van der Waals surface area contributed by atoms with Crippen LogP contribution in [0, 0.1) is 0 Å². The van der Waals surface area contributed by atoms with Crippen molar-refractivity contribution in [3.63, 3.8) is 0 Å². The van der Waals surface area contributed by atoms with Crippen LogP contribution in [0.2, 0.25) is 0 Å². The molecule has 0 aliphatic carbocycles. The fourth-order valence-corrected chi connectivity index (χ4v) is 3.03. The van der Waals surface area contributed by atoms with Gasteiger partial charge in [0.05, 0.1) is 0 Å². The summed E-state index contributed by atoms with van der Waals surface area (Å²) in [5.41, 5.74) is 2.90. The Hall–Kier alpha value is -3.86. The van der Waals surface area contributed by atoms with E-state index in [-0.39, 0.29) is 5.76 Å². The van der Waals surface area contributed by atoms with Crippen molar-refractivity contribution in [1.82, 2.24) is 5.16 Å². The smallest absolute Gasteiger partial charge is 0.379 e. The predicted molar refractivity (Wildman–Crippen MR) is 101 cm³/mol. The minimum Gasteiger partial charge on any atom is -0.449 e. The van der Waals surface area contributed by atoms with E-state index >= 15 is 0 Å². The number of fused-ring (bicyclic) bond motifs is 2. The first-order valence-electron chi connectivity index (χ1n) is 8.43. The molecule has 0 aliphatic heterocycles. The van der Waals surface area contributed by atoms with Crippen molar-refractivity contribution < 1.29 is 18.5 Å². The third kappa shape index (κ3) is 2.75. The highest BCUT2D eigenvalue weighted by molar-refractivity contribution is 5.95. The molecule has 27 heavy (non-hydrogen) atoms. The fraction of sp³-hybridized carbons (Fsp3) is 0. The molecule has 0 N–H and O–H groups in total. The van der Waals surface area contributed by atoms with Crippen molar-refractivity contribution in [2.75, 3.05) is 0 Å². The zero-order chi connectivity index (χ0) is 18.2. The summed E-state index contributed by atoms with van der Waals surface area (Å²) in [5, 5.41) is 5.84. The Balaban J connectivity index is 1.44. The minimum absolute atomic E-state index is 0.152. The van der Waals surface area contributed by atoms with Crippen LogP contribution >= 0.6 is 0 Å². The molecule has 0 atom stereocenters. The van der Waals surface area contributed by atoms with Crippen LogP contribution in [0.3, 0.4) is 0 Å². The maximum Gasteiger partial charge on any atom is 0.379 e. The lowest BCUT2D eigenvalue weighted by atomic mass is 10.1. The van der Waals surface area contributed by atoms with Gasteiger partial charge in [0.15, 0.2) is 5.58 Å². The van der Waals surface area contributed by atoms with Gasteiger partial charge >= 0.3 is 5.97 Å². The van der Waals surface area contributed by atoms with Crippen LogP contribution in [-0.2, 0) is 0 Å². The van der Waals surface area contributed by atoms with Gasteiger partial charge in [-0.25, -0.2) is 4.79 Å². The van der Waals surface area contributed by atoms with E-state index in [4.69, 9.17) is 13.7 Å². The van der Waals surface area contributed by atoms with Crippen LogP contribution < -0.4 is 4.74 Å². The number of rotatable bonds is 3. The van der Waals surface area contributed by atoms with Crippen molar-refractivity contribution in [3.05, 3.63) is 84.6 Å². The second-order valence-electron chi connectivity index (χ2n) is 6.09. The van der Waals surface area contributed by atoms with Gasteiger partial charge in [-0.15, -0.1) is 0 Å². The van der Waals surface area contributed by atoms with Crippen LogP contribution in [0.5, 0.6) is 5.75 Å². The van der Waals surface area contributed by atoms with E-state index in [0.29, 0.717) is 16.9 Å². The van der Waals surface area contributed by atoms with Crippen LogP contribution in [0.15, 0.2) is 87.8 Å². The lowest BCUT2D eigenvalue weighted by Gasteiger charge is -2.02. The lowest BCUT2D eigenvalue weighted by Crippen LogP contribution is -2.06. The van der Waals surface area contributed by atoms with Crippen LogP contribution in [-0.4, -0.2) is 11.1 Å². The minimum atomic E-state index is -0.562. The molecule has 0 fully saturated rings. The molecular weight excluding hydrogens is 342 g/mol. The molecule has 2 aromatic heterocycles.